The van der Waals surface area contributed by atoms with Gasteiger partial charge in [-0.25, -0.2) is 5.43 Å². The summed E-state index contributed by atoms with van der Waals surface area (Å²) in [6.45, 7) is 0.275. The van der Waals surface area contributed by atoms with Crippen molar-refractivity contribution >= 4 is 63.0 Å². The molecule has 0 saturated heterocycles. The molecule has 0 aliphatic heterocycles. The van der Waals surface area contributed by atoms with Gasteiger partial charge in [0.25, 0.3) is 11.6 Å². The largest absolute Gasteiger partial charge is 0.497 e. The average Bonchev–Trinajstić information content (AvgIpc) is 2.83. The number of carbonyl (C=O) groups excluding carboxylic acids is 1. The first kappa shape index (κ1) is 25.7. The Morgan fingerprint density at radius 3 is 2.32 bits per heavy atom. The van der Waals surface area contributed by atoms with Crippen LogP contribution in [-0.2, 0) is 6.61 Å². The van der Waals surface area contributed by atoms with E-state index in [4.69, 9.17) is 14.2 Å². The summed E-state index contributed by atoms with van der Waals surface area (Å²) in [7, 11) is 3.01. The number of non-ortho nitro benzene ring substituents is 1. The molecule has 0 bridgehead atoms. The Morgan fingerprint density at radius 2 is 1.74 bits per heavy atom. The molecule has 9 nitrogen and oxygen atoms in total. The van der Waals surface area contributed by atoms with Gasteiger partial charge in [0.15, 0.2) is 0 Å². The molecule has 0 unspecified atom stereocenters. The van der Waals surface area contributed by atoms with E-state index in [1.54, 1.807) is 36.5 Å². The fourth-order valence-electron chi connectivity index (χ4n) is 2.87. The van der Waals surface area contributed by atoms with Gasteiger partial charge in [-0.3, -0.25) is 14.9 Å². The van der Waals surface area contributed by atoms with Crippen molar-refractivity contribution in [2.24, 2.45) is 5.10 Å². The van der Waals surface area contributed by atoms with Crippen LogP contribution in [0.15, 0.2) is 59.7 Å². The first-order valence-electron chi connectivity index (χ1n) is 9.73. The van der Waals surface area contributed by atoms with Gasteiger partial charge in [0.1, 0.15) is 23.9 Å². The van der Waals surface area contributed by atoms with Crippen LogP contribution in [0.25, 0.3) is 0 Å². The summed E-state index contributed by atoms with van der Waals surface area (Å²) in [4.78, 5) is 22.8. The number of nitro benzene ring substituents is 1. The monoisotopic (exact) mass is 687 g/mol. The fourth-order valence-corrected chi connectivity index (χ4v) is 5.00. The molecule has 3 rings (SSSR count). The molecule has 0 radical (unpaired) electrons. The molecule has 3 aromatic carbocycles. The van der Waals surface area contributed by atoms with Gasteiger partial charge in [-0.15, -0.1) is 0 Å². The van der Waals surface area contributed by atoms with Gasteiger partial charge in [-0.05, 0) is 92.7 Å². The maximum atomic E-state index is 12.5. The third kappa shape index (κ3) is 6.56. The summed E-state index contributed by atoms with van der Waals surface area (Å²) in [6.07, 6.45) is 1.54. The molecule has 0 spiro atoms. The highest BCUT2D eigenvalue weighted by Gasteiger charge is 2.13. The number of methoxy groups -OCH3 is 2. The van der Waals surface area contributed by atoms with E-state index < -0.39 is 10.8 Å². The lowest BCUT2D eigenvalue weighted by Gasteiger charge is -2.11. The summed E-state index contributed by atoms with van der Waals surface area (Å²) in [5, 5.41) is 14.8. The molecular formula is C23H19I2N3O6. The number of benzene rings is 3. The zero-order valence-corrected chi connectivity index (χ0v) is 22.4. The second-order valence-electron chi connectivity index (χ2n) is 6.79. The Balaban J connectivity index is 1.65. The van der Waals surface area contributed by atoms with E-state index in [1.165, 1.54) is 26.4 Å². The predicted molar refractivity (Wildman–Crippen MR) is 144 cm³/mol. The summed E-state index contributed by atoms with van der Waals surface area (Å²) in [5.74, 6) is 1.24. The number of rotatable bonds is 9. The molecule has 176 valence electrons. The molecule has 0 aliphatic rings. The van der Waals surface area contributed by atoms with Crippen LogP contribution in [0.1, 0.15) is 21.5 Å². The van der Waals surface area contributed by atoms with Gasteiger partial charge in [0, 0.05) is 18.2 Å². The number of hydrazone groups is 1. The zero-order chi connectivity index (χ0) is 24.7. The van der Waals surface area contributed by atoms with Crippen LogP contribution >= 0.6 is 45.2 Å². The highest BCUT2D eigenvalue weighted by molar-refractivity contribution is 14.1. The van der Waals surface area contributed by atoms with Gasteiger partial charge in [-0.1, -0.05) is 0 Å². The molecular weight excluding hydrogens is 668 g/mol. The Morgan fingerprint density at radius 1 is 1.06 bits per heavy atom. The van der Waals surface area contributed by atoms with E-state index in [-0.39, 0.29) is 12.3 Å². The number of amides is 1. The number of nitrogens with one attached hydrogen (secondary N) is 1. The summed E-state index contributed by atoms with van der Waals surface area (Å²) in [6, 6.07) is 14.9. The minimum atomic E-state index is -0.438. The van der Waals surface area contributed by atoms with Crippen molar-refractivity contribution in [1.82, 2.24) is 5.43 Å². The maximum Gasteiger partial charge on any atom is 0.275 e. The Labute approximate surface area is 222 Å². The number of ether oxygens (including phenoxy) is 3. The standard InChI is InChI=1S/C23H19I2N3O6/c1-32-17-7-8-18(21(11-17)33-2)23(29)27-26-12-15-9-19(24)22(20(25)10-15)34-13-14-3-5-16(6-4-14)28(30)31/h3-12H,13H2,1-2H3,(H,27,29)/b26-12-. The van der Waals surface area contributed by atoms with Crippen molar-refractivity contribution in [2.75, 3.05) is 14.2 Å². The van der Waals surface area contributed by atoms with Crippen LogP contribution in [0.3, 0.4) is 0 Å². The van der Waals surface area contributed by atoms with E-state index in [0.29, 0.717) is 22.8 Å². The normalized spacial score (nSPS) is 10.7. The van der Waals surface area contributed by atoms with E-state index >= 15 is 0 Å². The fraction of sp³-hybridized carbons (Fsp3) is 0.130. The second-order valence-corrected chi connectivity index (χ2v) is 9.12. The lowest BCUT2D eigenvalue weighted by atomic mass is 10.2. The van der Waals surface area contributed by atoms with Gasteiger partial charge >= 0.3 is 0 Å². The minimum Gasteiger partial charge on any atom is -0.497 e. The van der Waals surface area contributed by atoms with E-state index in [9.17, 15) is 14.9 Å². The Hall–Kier alpha value is -2.94. The molecule has 0 saturated carbocycles. The zero-order valence-electron chi connectivity index (χ0n) is 18.1. The maximum absolute atomic E-state index is 12.5. The SMILES string of the molecule is COc1ccc(C(=O)N/N=C\c2cc(I)c(OCc3ccc([N+](=O)[O-])cc3)c(I)c2)c(OC)c1. The lowest BCUT2D eigenvalue weighted by Crippen LogP contribution is -2.18. The van der Waals surface area contributed by atoms with E-state index in [0.717, 1.165) is 18.3 Å². The third-order valence-corrected chi connectivity index (χ3v) is 6.19. The molecule has 0 fully saturated rings. The third-order valence-electron chi connectivity index (χ3n) is 4.58. The van der Waals surface area contributed by atoms with Crippen molar-refractivity contribution in [3.63, 3.8) is 0 Å². The molecule has 0 heterocycles. The van der Waals surface area contributed by atoms with Crippen LogP contribution in [-0.4, -0.2) is 31.3 Å². The Kier molecular flexibility index (Phi) is 9.04. The number of nitro groups is 1. The molecule has 11 heteroatoms. The molecule has 0 atom stereocenters. The van der Waals surface area contributed by atoms with Crippen molar-refractivity contribution in [3.05, 3.63) is 88.5 Å². The molecule has 0 aliphatic carbocycles. The molecule has 1 N–H and O–H groups in total. The quantitative estimate of drug-likeness (QED) is 0.144. The summed E-state index contributed by atoms with van der Waals surface area (Å²) < 4.78 is 18.0. The van der Waals surface area contributed by atoms with Crippen LogP contribution in [0.5, 0.6) is 17.2 Å². The first-order chi connectivity index (χ1) is 16.3. The van der Waals surface area contributed by atoms with Crippen molar-refractivity contribution in [3.8, 4) is 17.2 Å². The number of carbonyl (C=O) groups is 1. The topological polar surface area (TPSA) is 112 Å². The van der Waals surface area contributed by atoms with Gasteiger partial charge in [0.05, 0.1) is 38.1 Å². The number of halogens is 2. The first-order valence-corrected chi connectivity index (χ1v) is 11.9. The molecule has 34 heavy (non-hydrogen) atoms. The van der Waals surface area contributed by atoms with Crippen molar-refractivity contribution in [2.45, 2.75) is 6.61 Å². The van der Waals surface area contributed by atoms with Gasteiger partial charge < -0.3 is 14.2 Å². The highest BCUT2D eigenvalue weighted by Crippen LogP contribution is 2.29. The van der Waals surface area contributed by atoms with Crippen molar-refractivity contribution in [1.29, 1.82) is 0 Å². The van der Waals surface area contributed by atoms with Crippen LogP contribution in [0.4, 0.5) is 5.69 Å². The van der Waals surface area contributed by atoms with Crippen LogP contribution < -0.4 is 19.6 Å². The lowest BCUT2D eigenvalue weighted by molar-refractivity contribution is -0.384. The number of hydrogen-bond acceptors (Lipinski definition) is 7. The minimum absolute atomic E-state index is 0.0362. The van der Waals surface area contributed by atoms with Crippen LogP contribution in [0.2, 0.25) is 0 Å². The summed E-state index contributed by atoms with van der Waals surface area (Å²) in [5.41, 5.74) is 4.46. The highest BCUT2D eigenvalue weighted by atomic mass is 127. The Bertz CT molecular complexity index is 1210. The number of hydrogen-bond donors (Lipinski definition) is 1. The number of nitrogens with zero attached hydrogens (tertiary/aromatic N) is 2. The van der Waals surface area contributed by atoms with E-state index in [2.05, 4.69) is 55.7 Å². The van der Waals surface area contributed by atoms with Gasteiger partial charge in [-0.2, -0.15) is 5.10 Å². The summed E-state index contributed by atoms with van der Waals surface area (Å²) >= 11 is 4.32. The molecule has 1 amide bonds. The molecule has 3 aromatic rings. The molecule has 0 aromatic heterocycles. The second kappa shape index (κ2) is 12.0. The average molecular weight is 687 g/mol. The van der Waals surface area contributed by atoms with Gasteiger partial charge in [0.2, 0.25) is 0 Å². The van der Waals surface area contributed by atoms with E-state index in [1.807, 2.05) is 12.1 Å². The van der Waals surface area contributed by atoms with Crippen molar-refractivity contribution < 1.29 is 23.9 Å². The predicted octanol–water partition coefficient (Wildman–Crippen LogP) is 5.16. The smallest absolute Gasteiger partial charge is 0.275 e. The van der Waals surface area contributed by atoms with Crippen LogP contribution in [0, 0.1) is 17.3 Å².